The van der Waals surface area contributed by atoms with Crippen LogP contribution in [0, 0.1) is 0 Å². The summed E-state index contributed by atoms with van der Waals surface area (Å²) in [5.41, 5.74) is 0.935. The molecule has 0 spiro atoms. The minimum absolute atomic E-state index is 0.0543. The SMILES string of the molecule is CC1CCCN1c1cc(CNC(=O)[C@@H]2C=CCN2S(=O)(=O)c2ccc(Cl)s2)cc(-c2ccc(C(F)(F)F)cc2)n1. The molecule has 2 aliphatic heterocycles. The van der Waals surface area contributed by atoms with Gasteiger partial charge in [0.25, 0.3) is 10.0 Å². The van der Waals surface area contributed by atoms with E-state index >= 15 is 0 Å². The molecule has 40 heavy (non-hydrogen) atoms. The Morgan fingerprint density at radius 2 is 1.93 bits per heavy atom. The van der Waals surface area contributed by atoms with E-state index in [1.807, 2.05) is 6.07 Å². The van der Waals surface area contributed by atoms with Gasteiger partial charge in [0.2, 0.25) is 5.91 Å². The number of sulfonamides is 1. The van der Waals surface area contributed by atoms with Crippen LogP contribution in [0.3, 0.4) is 0 Å². The molecule has 2 aliphatic rings. The first-order chi connectivity index (χ1) is 18.9. The molecular formula is C27H26ClF3N4O3S2. The lowest BCUT2D eigenvalue weighted by Gasteiger charge is -2.25. The van der Waals surface area contributed by atoms with Gasteiger partial charge in [-0.2, -0.15) is 17.5 Å². The minimum atomic E-state index is -4.44. The summed E-state index contributed by atoms with van der Waals surface area (Å²) in [4.78, 5) is 20.0. The quantitative estimate of drug-likeness (QED) is 0.346. The second-order valence-electron chi connectivity index (χ2n) is 9.70. The molecule has 2 aromatic heterocycles. The van der Waals surface area contributed by atoms with Gasteiger partial charge < -0.3 is 10.2 Å². The zero-order valence-corrected chi connectivity index (χ0v) is 23.7. The predicted octanol–water partition coefficient (Wildman–Crippen LogP) is 5.72. The Morgan fingerprint density at radius 1 is 1.18 bits per heavy atom. The van der Waals surface area contributed by atoms with Crippen LogP contribution >= 0.6 is 22.9 Å². The number of amides is 1. The first-order valence-corrected chi connectivity index (χ1v) is 15.2. The van der Waals surface area contributed by atoms with Crippen molar-refractivity contribution in [1.82, 2.24) is 14.6 Å². The predicted molar refractivity (Wildman–Crippen MR) is 149 cm³/mol. The summed E-state index contributed by atoms with van der Waals surface area (Å²) >= 11 is 6.85. The van der Waals surface area contributed by atoms with Crippen LogP contribution in [0.15, 0.2) is 64.9 Å². The van der Waals surface area contributed by atoms with Crippen molar-refractivity contribution in [2.75, 3.05) is 18.0 Å². The van der Waals surface area contributed by atoms with Gasteiger partial charge in [0.15, 0.2) is 0 Å². The Bertz CT molecular complexity index is 1540. The highest BCUT2D eigenvalue weighted by Gasteiger charge is 2.37. The fourth-order valence-electron chi connectivity index (χ4n) is 4.89. The van der Waals surface area contributed by atoms with Gasteiger partial charge in [-0.1, -0.05) is 35.9 Å². The van der Waals surface area contributed by atoms with Gasteiger partial charge in [0.1, 0.15) is 16.1 Å². The van der Waals surface area contributed by atoms with Crippen molar-refractivity contribution >= 4 is 44.7 Å². The molecule has 1 saturated heterocycles. The Labute approximate surface area is 239 Å². The Kier molecular flexibility index (Phi) is 7.97. The van der Waals surface area contributed by atoms with Gasteiger partial charge in [0, 0.05) is 31.2 Å². The Morgan fingerprint density at radius 3 is 2.55 bits per heavy atom. The summed E-state index contributed by atoms with van der Waals surface area (Å²) in [6.07, 6.45) is 0.706. The van der Waals surface area contributed by atoms with Crippen molar-refractivity contribution in [2.24, 2.45) is 0 Å². The highest BCUT2D eigenvalue weighted by molar-refractivity contribution is 7.91. The molecule has 212 valence electrons. The standard InChI is InChI=1S/C27H26ClF3N4O3S2/c1-17-4-2-12-34(17)24-15-18(14-21(33-24)19-6-8-20(9-7-19)27(29,30)31)16-32-26(36)22-5-3-13-35(22)40(37,38)25-11-10-23(28)39-25/h3,5-11,14-15,17,22H,2,4,12-13,16H2,1H3,(H,32,36)/t17?,22-/m0/s1. The van der Waals surface area contributed by atoms with Crippen LogP contribution in [0.4, 0.5) is 19.0 Å². The second kappa shape index (κ2) is 11.2. The summed E-state index contributed by atoms with van der Waals surface area (Å²) in [5, 5.41) is 2.82. The molecule has 4 heterocycles. The zero-order chi connectivity index (χ0) is 28.7. The number of carbonyl (C=O) groups excluding carboxylic acids is 1. The summed E-state index contributed by atoms with van der Waals surface area (Å²) in [6.45, 7) is 3.01. The topological polar surface area (TPSA) is 82.6 Å². The molecule has 3 aromatic rings. The van der Waals surface area contributed by atoms with E-state index in [2.05, 4.69) is 17.1 Å². The zero-order valence-electron chi connectivity index (χ0n) is 21.4. The van der Waals surface area contributed by atoms with E-state index in [0.717, 1.165) is 47.2 Å². The lowest BCUT2D eigenvalue weighted by atomic mass is 10.1. The van der Waals surface area contributed by atoms with Crippen molar-refractivity contribution < 1.29 is 26.4 Å². The van der Waals surface area contributed by atoms with Gasteiger partial charge in [-0.3, -0.25) is 4.79 Å². The molecule has 1 N–H and O–H groups in total. The monoisotopic (exact) mass is 610 g/mol. The van der Waals surface area contributed by atoms with Gasteiger partial charge in [-0.25, -0.2) is 13.4 Å². The highest BCUT2D eigenvalue weighted by Crippen LogP contribution is 2.33. The van der Waals surface area contributed by atoms with Gasteiger partial charge >= 0.3 is 6.18 Å². The Balaban J connectivity index is 1.38. The molecule has 0 bridgehead atoms. The minimum Gasteiger partial charge on any atom is -0.354 e. The van der Waals surface area contributed by atoms with E-state index in [4.69, 9.17) is 16.6 Å². The molecule has 7 nitrogen and oxygen atoms in total. The van der Waals surface area contributed by atoms with Crippen LogP contribution in [0.1, 0.15) is 30.9 Å². The molecule has 1 aromatic carbocycles. The number of aromatic nitrogens is 1. The summed E-state index contributed by atoms with van der Waals surface area (Å²) in [7, 11) is -3.93. The maximum atomic E-state index is 13.2. The van der Waals surface area contributed by atoms with E-state index in [-0.39, 0.29) is 23.3 Å². The van der Waals surface area contributed by atoms with E-state index < -0.39 is 33.7 Å². The van der Waals surface area contributed by atoms with E-state index in [9.17, 15) is 26.4 Å². The second-order valence-corrected chi connectivity index (χ2v) is 13.5. The van der Waals surface area contributed by atoms with Crippen LogP contribution in [-0.2, 0) is 27.5 Å². The van der Waals surface area contributed by atoms with Gasteiger partial charge in [-0.05, 0) is 61.7 Å². The first-order valence-electron chi connectivity index (χ1n) is 12.6. The van der Waals surface area contributed by atoms with Crippen molar-refractivity contribution in [3.05, 3.63) is 76.1 Å². The molecular weight excluding hydrogens is 585 g/mol. The summed E-state index contributed by atoms with van der Waals surface area (Å²) in [5.74, 6) is 0.176. The van der Waals surface area contributed by atoms with E-state index in [0.29, 0.717) is 27.0 Å². The van der Waals surface area contributed by atoms with E-state index in [1.54, 1.807) is 18.2 Å². The molecule has 1 fully saturated rings. The molecule has 2 atom stereocenters. The van der Waals surface area contributed by atoms with Crippen LogP contribution in [0.25, 0.3) is 11.3 Å². The molecule has 1 unspecified atom stereocenters. The number of thiophene rings is 1. The first kappa shape index (κ1) is 28.6. The van der Waals surface area contributed by atoms with Crippen molar-refractivity contribution in [1.29, 1.82) is 0 Å². The number of hydrogen-bond donors (Lipinski definition) is 1. The van der Waals surface area contributed by atoms with Crippen molar-refractivity contribution in [3.63, 3.8) is 0 Å². The molecule has 0 aliphatic carbocycles. The molecule has 13 heteroatoms. The highest BCUT2D eigenvalue weighted by atomic mass is 35.5. The van der Waals surface area contributed by atoms with Crippen molar-refractivity contribution in [2.45, 2.75) is 48.8 Å². The van der Waals surface area contributed by atoms with Gasteiger partial charge in [-0.15, -0.1) is 11.3 Å². The molecule has 0 radical (unpaired) electrons. The average Bonchev–Trinajstić information content (AvgIpc) is 3.68. The number of nitrogens with one attached hydrogen (secondary N) is 1. The van der Waals surface area contributed by atoms with Crippen molar-refractivity contribution in [3.8, 4) is 11.3 Å². The number of anilines is 1. The lowest BCUT2D eigenvalue weighted by Crippen LogP contribution is -2.45. The molecule has 1 amide bonds. The fraction of sp³-hybridized carbons (Fsp3) is 0.333. The maximum Gasteiger partial charge on any atom is 0.416 e. The van der Waals surface area contributed by atoms with Gasteiger partial charge in [0.05, 0.1) is 15.6 Å². The number of nitrogens with zero attached hydrogens (tertiary/aromatic N) is 3. The number of rotatable bonds is 7. The number of pyridine rings is 1. The third-order valence-electron chi connectivity index (χ3n) is 6.99. The third kappa shape index (κ3) is 5.90. The number of carbonyl (C=O) groups is 1. The van der Waals surface area contributed by atoms with Crippen LogP contribution in [0.5, 0.6) is 0 Å². The maximum absolute atomic E-state index is 13.2. The average molecular weight is 611 g/mol. The lowest BCUT2D eigenvalue weighted by molar-refractivity contribution is -0.137. The van der Waals surface area contributed by atoms with Crippen LogP contribution in [0.2, 0.25) is 4.34 Å². The largest absolute Gasteiger partial charge is 0.416 e. The normalized spacial score (nSPS) is 19.9. The number of halogens is 4. The van der Waals surface area contributed by atoms with Crippen LogP contribution in [-0.4, -0.2) is 48.8 Å². The summed E-state index contributed by atoms with van der Waals surface area (Å²) in [6, 6.07) is 10.5. The summed E-state index contributed by atoms with van der Waals surface area (Å²) < 4.78 is 67.0. The number of benzene rings is 1. The third-order valence-corrected chi connectivity index (χ3v) is 10.5. The molecule has 5 rings (SSSR count). The van der Waals surface area contributed by atoms with E-state index in [1.165, 1.54) is 24.3 Å². The van der Waals surface area contributed by atoms with Crippen LogP contribution < -0.4 is 10.2 Å². The fourth-order valence-corrected chi connectivity index (χ4v) is 8.00. The number of hydrogen-bond acceptors (Lipinski definition) is 6. The Hall–Kier alpha value is -2.93. The number of alkyl halides is 3. The molecule has 0 saturated carbocycles. The smallest absolute Gasteiger partial charge is 0.354 e.